The summed E-state index contributed by atoms with van der Waals surface area (Å²) >= 11 is 0.945. The van der Waals surface area contributed by atoms with Gasteiger partial charge in [0.25, 0.3) is 0 Å². The number of carboxylic acids is 1. The number of benzene rings is 1. The second-order valence-electron chi connectivity index (χ2n) is 3.86. The number of carbonyl (C=O) groups excluding carboxylic acids is 1. The van der Waals surface area contributed by atoms with Gasteiger partial charge in [0.1, 0.15) is 10.6 Å². The molecular formula is C13H12N2O4S. The Kier molecular flexibility index (Phi) is 3.99. The third-order valence-corrected chi connectivity index (χ3v) is 3.51. The first-order chi connectivity index (χ1) is 9.52. The molecule has 0 bridgehead atoms. The topological polar surface area (TPSA) is 79.7 Å². The van der Waals surface area contributed by atoms with Crippen LogP contribution in [-0.4, -0.2) is 29.1 Å². The molecule has 2 rings (SSSR count). The smallest absolute Gasteiger partial charge is 0.347 e. The first-order valence-corrected chi connectivity index (χ1v) is 6.48. The van der Waals surface area contributed by atoms with Crippen molar-refractivity contribution in [3.63, 3.8) is 0 Å². The van der Waals surface area contributed by atoms with Crippen molar-refractivity contribution in [3.05, 3.63) is 35.3 Å². The fraction of sp³-hybridized carbons (Fsp3) is 0.154. The number of aromatic nitrogens is 1. The minimum Gasteiger partial charge on any atom is -0.497 e. The number of hydrogen-bond donors (Lipinski definition) is 1. The fourth-order valence-corrected chi connectivity index (χ4v) is 2.45. The highest BCUT2D eigenvalue weighted by atomic mass is 32.1. The predicted molar refractivity (Wildman–Crippen MR) is 74.9 cm³/mol. The van der Waals surface area contributed by atoms with Gasteiger partial charge >= 0.3 is 5.97 Å². The number of hydrogen-bond acceptors (Lipinski definition) is 5. The lowest BCUT2D eigenvalue weighted by molar-refractivity contribution is -0.115. The van der Waals surface area contributed by atoms with Crippen molar-refractivity contribution in [1.82, 2.24) is 4.98 Å². The van der Waals surface area contributed by atoms with Gasteiger partial charge in [-0.2, -0.15) is 0 Å². The molecule has 7 heteroatoms. The Hall–Kier alpha value is -2.41. The molecular weight excluding hydrogens is 280 g/mol. The molecule has 104 valence electrons. The van der Waals surface area contributed by atoms with Crippen LogP contribution >= 0.6 is 11.3 Å². The van der Waals surface area contributed by atoms with Crippen LogP contribution in [-0.2, 0) is 4.79 Å². The zero-order valence-electron chi connectivity index (χ0n) is 10.9. The van der Waals surface area contributed by atoms with Gasteiger partial charge in [0.15, 0.2) is 5.13 Å². The third-order valence-electron chi connectivity index (χ3n) is 2.54. The van der Waals surface area contributed by atoms with E-state index in [1.54, 1.807) is 31.4 Å². The first kappa shape index (κ1) is 14.0. The average Bonchev–Trinajstić information content (AvgIpc) is 2.89. The van der Waals surface area contributed by atoms with Crippen molar-refractivity contribution in [2.24, 2.45) is 0 Å². The Morgan fingerprint density at radius 2 is 1.95 bits per heavy atom. The van der Waals surface area contributed by atoms with Gasteiger partial charge in [0.05, 0.1) is 19.0 Å². The summed E-state index contributed by atoms with van der Waals surface area (Å²) in [5.41, 5.74) is 0.601. The lowest BCUT2D eigenvalue weighted by Gasteiger charge is -2.18. The monoisotopic (exact) mass is 292 g/mol. The summed E-state index contributed by atoms with van der Waals surface area (Å²) in [6, 6.07) is 6.86. The summed E-state index contributed by atoms with van der Waals surface area (Å²) in [6.45, 7) is 1.39. The number of thiazole rings is 1. The van der Waals surface area contributed by atoms with E-state index in [2.05, 4.69) is 4.98 Å². The Labute approximate surface area is 119 Å². The van der Waals surface area contributed by atoms with Gasteiger partial charge in [0, 0.05) is 6.92 Å². The molecule has 0 aliphatic rings. The summed E-state index contributed by atoms with van der Waals surface area (Å²) in [5, 5.41) is 9.23. The zero-order chi connectivity index (χ0) is 14.7. The number of rotatable bonds is 4. The lowest BCUT2D eigenvalue weighted by Crippen LogP contribution is -2.22. The largest absolute Gasteiger partial charge is 0.497 e. The normalized spacial score (nSPS) is 10.1. The van der Waals surface area contributed by atoms with Gasteiger partial charge in [-0.25, -0.2) is 9.78 Å². The molecule has 1 N–H and O–H groups in total. The van der Waals surface area contributed by atoms with Gasteiger partial charge in [0.2, 0.25) is 5.91 Å². The van der Waals surface area contributed by atoms with Crippen LogP contribution in [0, 0.1) is 0 Å². The number of anilines is 2. The van der Waals surface area contributed by atoms with Gasteiger partial charge in [-0.05, 0) is 24.3 Å². The van der Waals surface area contributed by atoms with Crippen LogP contribution < -0.4 is 9.64 Å². The number of carboxylic acid groups (broad SMARTS) is 1. The van der Waals surface area contributed by atoms with Crippen LogP contribution in [0.2, 0.25) is 0 Å². The molecule has 1 amide bonds. The highest BCUT2D eigenvalue weighted by Crippen LogP contribution is 2.30. The number of aromatic carboxylic acids is 1. The quantitative estimate of drug-likeness (QED) is 0.936. The SMILES string of the molecule is COc1ccc(N(C(C)=O)c2ncc(C(=O)O)s2)cc1. The maximum atomic E-state index is 11.8. The molecule has 0 unspecified atom stereocenters. The fourth-order valence-electron chi connectivity index (χ4n) is 1.63. The van der Waals surface area contributed by atoms with Gasteiger partial charge < -0.3 is 9.84 Å². The van der Waals surface area contributed by atoms with Gasteiger partial charge in [-0.3, -0.25) is 9.69 Å². The van der Waals surface area contributed by atoms with Crippen molar-refractivity contribution >= 4 is 34.0 Å². The molecule has 0 radical (unpaired) electrons. The van der Waals surface area contributed by atoms with E-state index in [-0.39, 0.29) is 10.8 Å². The maximum Gasteiger partial charge on any atom is 0.347 e. The minimum absolute atomic E-state index is 0.0831. The Morgan fingerprint density at radius 3 is 2.40 bits per heavy atom. The van der Waals surface area contributed by atoms with Gasteiger partial charge in [-0.1, -0.05) is 11.3 Å². The summed E-state index contributed by atoms with van der Waals surface area (Å²) < 4.78 is 5.06. The van der Waals surface area contributed by atoms with Crippen LogP contribution in [0.5, 0.6) is 5.75 Å². The van der Waals surface area contributed by atoms with E-state index in [1.165, 1.54) is 18.0 Å². The molecule has 6 nitrogen and oxygen atoms in total. The second-order valence-corrected chi connectivity index (χ2v) is 4.87. The maximum absolute atomic E-state index is 11.8. The first-order valence-electron chi connectivity index (χ1n) is 5.67. The van der Waals surface area contributed by atoms with Crippen LogP contribution in [0.25, 0.3) is 0 Å². The molecule has 20 heavy (non-hydrogen) atoms. The molecule has 0 aliphatic heterocycles. The second kappa shape index (κ2) is 5.70. The molecule has 0 aliphatic carbocycles. The summed E-state index contributed by atoms with van der Waals surface area (Å²) in [5.74, 6) is -0.643. The molecule has 1 aromatic heterocycles. The van der Waals surface area contributed by atoms with Crippen molar-refractivity contribution in [2.45, 2.75) is 6.92 Å². The number of ether oxygens (including phenoxy) is 1. The van der Waals surface area contributed by atoms with Crippen LogP contribution in [0.15, 0.2) is 30.5 Å². The molecule has 0 fully saturated rings. The predicted octanol–water partition coefficient (Wildman–Crippen LogP) is 2.53. The summed E-state index contributed by atoms with van der Waals surface area (Å²) in [6.07, 6.45) is 1.24. The molecule has 1 heterocycles. The third kappa shape index (κ3) is 2.77. The Morgan fingerprint density at radius 1 is 1.30 bits per heavy atom. The molecule has 0 saturated carbocycles. The van der Waals surface area contributed by atoms with Crippen molar-refractivity contribution in [1.29, 1.82) is 0 Å². The van der Waals surface area contributed by atoms with Crippen molar-refractivity contribution in [3.8, 4) is 5.75 Å². The van der Waals surface area contributed by atoms with E-state index in [1.807, 2.05) is 0 Å². The van der Waals surface area contributed by atoms with E-state index >= 15 is 0 Å². The lowest BCUT2D eigenvalue weighted by atomic mass is 10.3. The number of carbonyl (C=O) groups is 2. The van der Waals surface area contributed by atoms with E-state index < -0.39 is 5.97 Å². The number of methoxy groups -OCH3 is 1. The summed E-state index contributed by atoms with van der Waals surface area (Å²) in [7, 11) is 1.55. The van der Waals surface area contributed by atoms with Crippen LogP contribution in [0.4, 0.5) is 10.8 Å². The van der Waals surface area contributed by atoms with Crippen LogP contribution in [0.1, 0.15) is 16.6 Å². The molecule has 0 atom stereocenters. The summed E-state index contributed by atoms with van der Waals surface area (Å²) in [4.78, 5) is 28.1. The highest BCUT2D eigenvalue weighted by molar-refractivity contribution is 7.17. The van der Waals surface area contributed by atoms with Crippen molar-refractivity contribution < 1.29 is 19.4 Å². The molecule has 1 aromatic carbocycles. The van der Waals surface area contributed by atoms with E-state index in [0.29, 0.717) is 16.6 Å². The Bertz CT molecular complexity index is 636. The standard InChI is InChI=1S/C13H12N2O4S/c1-8(16)15(9-3-5-10(19-2)6-4-9)13-14-7-11(20-13)12(17)18/h3-7H,1-2H3,(H,17,18). The highest BCUT2D eigenvalue weighted by Gasteiger charge is 2.19. The Balaban J connectivity index is 2.39. The molecule has 0 saturated heterocycles. The van der Waals surface area contributed by atoms with Crippen molar-refractivity contribution in [2.75, 3.05) is 12.0 Å². The van der Waals surface area contributed by atoms with E-state index in [0.717, 1.165) is 11.3 Å². The van der Waals surface area contributed by atoms with E-state index in [9.17, 15) is 9.59 Å². The average molecular weight is 292 g/mol. The van der Waals surface area contributed by atoms with Gasteiger partial charge in [-0.15, -0.1) is 0 Å². The van der Waals surface area contributed by atoms with Crippen LogP contribution in [0.3, 0.4) is 0 Å². The number of amides is 1. The molecule has 0 spiro atoms. The molecule has 2 aromatic rings. The van der Waals surface area contributed by atoms with E-state index in [4.69, 9.17) is 9.84 Å². The zero-order valence-corrected chi connectivity index (χ0v) is 11.7. The minimum atomic E-state index is -1.06. The number of nitrogens with zero attached hydrogens (tertiary/aromatic N) is 2.